The Hall–Kier alpha value is -2.56. The van der Waals surface area contributed by atoms with Gasteiger partial charge in [0.1, 0.15) is 11.5 Å². The molecule has 1 saturated heterocycles. The number of hydrogen-bond acceptors (Lipinski definition) is 4. The molecule has 4 aliphatic rings. The second-order valence-electron chi connectivity index (χ2n) is 10.3. The number of aryl methyl sites for hydroxylation is 2. The van der Waals surface area contributed by atoms with E-state index >= 15 is 0 Å². The van der Waals surface area contributed by atoms with Crippen molar-refractivity contribution in [2.24, 2.45) is 4.99 Å². The summed E-state index contributed by atoms with van der Waals surface area (Å²) < 4.78 is 0. The molecule has 1 aromatic carbocycles. The lowest BCUT2D eigenvalue weighted by Gasteiger charge is -2.43. The average Bonchev–Trinajstić information content (AvgIpc) is 3.26. The number of hydrogen-bond donors (Lipinski definition) is 1. The summed E-state index contributed by atoms with van der Waals surface area (Å²) in [5.41, 5.74) is 5.18. The van der Waals surface area contributed by atoms with Crippen molar-refractivity contribution < 1.29 is 9.90 Å². The van der Waals surface area contributed by atoms with Gasteiger partial charge >= 0.3 is 0 Å². The first-order valence-electron chi connectivity index (χ1n) is 12.3. The molecule has 1 aromatic rings. The number of carbonyl (C=O) groups excluding carboxylic acids is 1. The third-order valence-corrected chi connectivity index (χ3v) is 8.01. The molecule has 0 unspecified atom stereocenters. The first kappa shape index (κ1) is 21.3. The van der Waals surface area contributed by atoms with Crippen molar-refractivity contribution in [3.63, 3.8) is 0 Å². The molecule has 0 radical (unpaired) electrons. The summed E-state index contributed by atoms with van der Waals surface area (Å²) in [6.07, 6.45) is 10.5. The molecule has 5 rings (SSSR count). The standard InChI is InChI=1S/C27H35N3O2/c1-18(2)29-14-15-30-23(28-19(3)25(31)24(30)26(29)32)17-27(12-6-7-13-27)22-11-10-20-8-4-5-9-21(20)16-22/h10-11,16,18,31H,3-9,12-15,17H2,1-2H3. The van der Waals surface area contributed by atoms with E-state index in [0.29, 0.717) is 24.5 Å². The van der Waals surface area contributed by atoms with Crippen LogP contribution in [0.5, 0.6) is 0 Å². The smallest absolute Gasteiger partial charge is 0.274 e. The maximum atomic E-state index is 13.2. The van der Waals surface area contributed by atoms with E-state index in [9.17, 15) is 9.90 Å². The fraction of sp³-hybridized carbons (Fsp3) is 0.556. The zero-order valence-electron chi connectivity index (χ0n) is 19.5. The molecule has 0 spiro atoms. The number of aliphatic hydroxyl groups excluding tert-OH is 1. The number of aliphatic hydroxyl groups is 1. The summed E-state index contributed by atoms with van der Waals surface area (Å²) >= 11 is 0. The summed E-state index contributed by atoms with van der Waals surface area (Å²) in [4.78, 5) is 21.8. The second kappa shape index (κ2) is 8.09. The van der Waals surface area contributed by atoms with Crippen molar-refractivity contribution in [2.45, 2.75) is 83.1 Å². The van der Waals surface area contributed by atoms with Gasteiger partial charge in [0.25, 0.3) is 5.91 Å². The van der Waals surface area contributed by atoms with Crippen LogP contribution in [-0.2, 0) is 23.1 Å². The number of rotatable bonds is 4. The third-order valence-electron chi connectivity index (χ3n) is 8.01. The highest BCUT2D eigenvalue weighted by atomic mass is 16.3. The molecule has 0 bridgehead atoms. The number of nitrogens with zero attached hydrogens (tertiary/aromatic N) is 3. The van der Waals surface area contributed by atoms with Gasteiger partial charge in [0.2, 0.25) is 0 Å². The molecule has 1 N–H and O–H groups in total. The predicted molar refractivity (Wildman–Crippen MR) is 128 cm³/mol. The Labute approximate surface area is 191 Å². The van der Waals surface area contributed by atoms with E-state index in [4.69, 9.17) is 4.99 Å². The van der Waals surface area contributed by atoms with E-state index in [0.717, 1.165) is 25.1 Å². The highest BCUT2D eigenvalue weighted by Crippen LogP contribution is 2.46. The molecular formula is C27H35N3O2. The zero-order chi connectivity index (χ0) is 22.5. The largest absolute Gasteiger partial charge is 0.504 e. The van der Waals surface area contributed by atoms with Gasteiger partial charge in [-0.25, -0.2) is 4.99 Å². The Morgan fingerprint density at radius 3 is 2.53 bits per heavy atom. The molecule has 0 aromatic heterocycles. The Kier molecular flexibility index (Phi) is 5.39. The summed E-state index contributed by atoms with van der Waals surface area (Å²) in [7, 11) is 0. The molecule has 2 heterocycles. The average molecular weight is 434 g/mol. The number of fused-ring (bicyclic) bond motifs is 2. The molecule has 0 atom stereocenters. The van der Waals surface area contributed by atoms with Gasteiger partial charge in [0.15, 0.2) is 11.5 Å². The van der Waals surface area contributed by atoms with Gasteiger partial charge in [0.05, 0.1) is 0 Å². The molecule has 5 heteroatoms. The Morgan fingerprint density at radius 2 is 1.81 bits per heavy atom. The zero-order valence-corrected chi connectivity index (χ0v) is 19.5. The van der Waals surface area contributed by atoms with Crippen LogP contribution in [0.1, 0.15) is 75.5 Å². The lowest BCUT2D eigenvalue weighted by molar-refractivity contribution is -0.132. The van der Waals surface area contributed by atoms with Crippen molar-refractivity contribution in [3.05, 3.63) is 58.6 Å². The van der Waals surface area contributed by atoms with Crippen LogP contribution in [0.4, 0.5) is 0 Å². The van der Waals surface area contributed by atoms with Crippen molar-refractivity contribution >= 4 is 11.7 Å². The number of piperazine rings is 1. The third kappa shape index (κ3) is 3.46. The van der Waals surface area contributed by atoms with Gasteiger partial charge in [-0.15, -0.1) is 0 Å². The summed E-state index contributed by atoms with van der Waals surface area (Å²) in [6.45, 7) is 9.31. The van der Waals surface area contributed by atoms with E-state index in [1.165, 1.54) is 55.2 Å². The Morgan fingerprint density at radius 1 is 1.09 bits per heavy atom. The lowest BCUT2D eigenvalue weighted by atomic mass is 9.73. The SMILES string of the molecule is C=C1N=C(CC2(c3ccc4c(c3)CCCC4)CCCC2)N2CCN(C(C)C)C(=O)C2=C1O. The maximum Gasteiger partial charge on any atom is 0.274 e. The minimum Gasteiger partial charge on any atom is -0.504 e. The quantitative estimate of drug-likeness (QED) is 0.726. The van der Waals surface area contributed by atoms with E-state index in [2.05, 4.69) is 24.8 Å². The van der Waals surface area contributed by atoms with Gasteiger partial charge in [-0.1, -0.05) is 37.6 Å². The molecule has 1 saturated carbocycles. The first-order valence-corrected chi connectivity index (χ1v) is 12.3. The van der Waals surface area contributed by atoms with Crippen molar-refractivity contribution in [3.8, 4) is 0 Å². The monoisotopic (exact) mass is 433 g/mol. The van der Waals surface area contributed by atoms with E-state index < -0.39 is 0 Å². The molecule has 2 aliphatic heterocycles. The van der Waals surface area contributed by atoms with Crippen molar-refractivity contribution in [1.29, 1.82) is 0 Å². The molecule has 5 nitrogen and oxygen atoms in total. The van der Waals surface area contributed by atoms with Gasteiger partial charge in [0, 0.05) is 31.0 Å². The van der Waals surface area contributed by atoms with Gasteiger partial charge in [-0.05, 0) is 69.1 Å². The predicted octanol–water partition coefficient (Wildman–Crippen LogP) is 5.02. The highest BCUT2D eigenvalue weighted by Gasteiger charge is 2.43. The first-order chi connectivity index (χ1) is 15.4. The van der Waals surface area contributed by atoms with Crippen LogP contribution in [0, 0.1) is 0 Å². The normalized spacial score (nSPS) is 22.9. The minimum absolute atomic E-state index is 0.0435. The van der Waals surface area contributed by atoms with Crippen LogP contribution in [0.3, 0.4) is 0 Å². The van der Waals surface area contributed by atoms with E-state index in [1.807, 2.05) is 23.6 Å². The van der Waals surface area contributed by atoms with Crippen LogP contribution < -0.4 is 0 Å². The van der Waals surface area contributed by atoms with Crippen LogP contribution >= 0.6 is 0 Å². The molecule has 32 heavy (non-hydrogen) atoms. The van der Waals surface area contributed by atoms with Crippen LogP contribution in [0.2, 0.25) is 0 Å². The summed E-state index contributed by atoms with van der Waals surface area (Å²) in [5.74, 6) is 0.698. The fourth-order valence-corrected chi connectivity index (χ4v) is 6.18. The molecule has 170 valence electrons. The van der Waals surface area contributed by atoms with Crippen molar-refractivity contribution in [1.82, 2.24) is 9.80 Å². The summed E-state index contributed by atoms with van der Waals surface area (Å²) in [6, 6.07) is 7.27. The Bertz CT molecular complexity index is 1010. The van der Waals surface area contributed by atoms with Crippen LogP contribution in [0.25, 0.3) is 0 Å². The van der Waals surface area contributed by atoms with E-state index in [-0.39, 0.29) is 23.1 Å². The number of amides is 1. The number of carbonyl (C=O) groups is 1. The summed E-state index contributed by atoms with van der Waals surface area (Å²) in [5, 5.41) is 10.7. The topological polar surface area (TPSA) is 56.1 Å². The minimum atomic E-state index is -0.119. The second-order valence-corrected chi connectivity index (χ2v) is 10.3. The Balaban J connectivity index is 1.49. The van der Waals surface area contributed by atoms with Crippen molar-refractivity contribution in [2.75, 3.05) is 13.1 Å². The maximum absolute atomic E-state index is 13.2. The van der Waals surface area contributed by atoms with E-state index in [1.54, 1.807) is 0 Å². The van der Waals surface area contributed by atoms with Crippen LogP contribution in [-0.4, -0.2) is 45.8 Å². The molecule has 1 amide bonds. The fourth-order valence-electron chi connectivity index (χ4n) is 6.18. The molecule has 2 aliphatic carbocycles. The molecule has 2 fully saturated rings. The van der Waals surface area contributed by atoms with Gasteiger partial charge in [-0.3, -0.25) is 4.79 Å². The highest BCUT2D eigenvalue weighted by molar-refractivity contribution is 6.02. The molecular weight excluding hydrogens is 398 g/mol. The van der Waals surface area contributed by atoms with Gasteiger partial charge in [-0.2, -0.15) is 0 Å². The lowest BCUT2D eigenvalue weighted by Crippen LogP contribution is -2.55. The number of benzene rings is 1. The van der Waals surface area contributed by atoms with Crippen LogP contribution in [0.15, 0.2) is 46.9 Å². The number of aliphatic imine (C=N–C) groups is 1. The van der Waals surface area contributed by atoms with Gasteiger partial charge < -0.3 is 14.9 Å². The number of amidine groups is 1.